The molecule has 1 aliphatic rings. The number of rotatable bonds is 1. The Morgan fingerprint density at radius 3 is 1.78 bits per heavy atom. The van der Waals surface area contributed by atoms with Crippen LogP contribution in [-0.4, -0.2) is 27.7 Å². The van der Waals surface area contributed by atoms with Crippen LogP contribution in [-0.2, 0) is 0 Å². The number of nitrogens with zero attached hydrogens (tertiary/aromatic N) is 1. The molecule has 1 N–H and O–H groups in total. The third kappa shape index (κ3) is 4.73. The van der Waals surface area contributed by atoms with E-state index >= 15 is 0 Å². The van der Waals surface area contributed by atoms with E-state index in [1.807, 2.05) is 30.3 Å². The maximum atomic E-state index is 9.99. The van der Waals surface area contributed by atoms with E-state index in [1.54, 1.807) is 0 Å². The highest BCUT2D eigenvalue weighted by Gasteiger charge is 2.47. The molecule has 3 rings (SSSR count). The Morgan fingerprint density at radius 1 is 0.778 bits per heavy atom. The minimum Gasteiger partial charge on any atom is -0.424 e. The summed E-state index contributed by atoms with van der Waals surface area (Å²) >= 11 is 0. The molecule has 0 saturated carbocycles. The molecule has 1 fully saturated rings. The van der Waals surface area contributed by atoms with Gasteiger partial charge < -0.3 is 9.34 Å². The van der Waals surface area contributed by atoms with Gasteiger partial charge in [-0.3, -0.25) is 0 Å². The Labute approximate surface area is 165 Å². The second kappa shape index (κ2) is 7.78. The molecule has 2 nitrogen and oxygen atoms in total. The lowest BCUT2D eigenvalue weighted by Crippen LogP contribution is -2.55. The first-order valence-corrected chi connectivity index (χ1v) is 15.8. The van der Waals surface area contributed by atoms with E-state index in [-0.39, 0.29) is 0 Å². The molecular formula is C23H27NOSi2. The van der Waals surface area contributed by atoms with Crippen molar-refractivity contribution in [3.63, 3.8) is 0 Å². The van der Waals surface area contributed by atoms with Crippen molar-refractivity contribution in [3.05, 3.63) is 65.7 Å². The van der Waals surface area contributed by atoms with Crippen LogP contribution in [0.25, 0.3) is 0 Å². The summed E-state index contributed by atoms with van der Waals surface area (Å²) in [6.45, 7) is 9.91. The van der Waals surface area contributed by atoms with E-state index < -0.39 is 22.6 Å². The van der Waals surface area contributed by atoms with Crippen LogP contribution >= 0.6 is 0 Å². The largest absolute Gasteiger partial charge is 0.424 e. The van der Waals surface area contributed by atoms with Crippen LogP contribution in [0.15, 0.2) is 54.6 Å². The Bertz CT molecular complexity index is 896. The van der Waals surface area contributed by atoms with Crippen molar-refractivity contribution in [3.8, 4) is 23.7 Å². The first kappa shape index (κ1) is 19.5. The number of aliphatic hydroxyl groups excluding tert-OH is 1. The second-order valence-electron chi connectivity index (χ2n) is 8.31. The fraction of sp³-hybridized carbons (Fsp3) is 0.304. The second-order valence-corrected chi connectivity index (χ2v) is 17.9. The van der Waals surface area contributed by atoms with Crippen LogP contribution in [0.3, 0.4) is 0 Å². The van der Waals surface area contributed by atoms with Crippen molar-refractivity contribution < 1.29 is 5.11 Å². The average Bonchev–Trinajstić information content (AvgIpc) is 2.87. The molecule has 1 atom stereocenters. The number of aliphatic hydroxyl groups is 1. The summed E-state index contributed by atoms with van der Waals surface area (Å²) in [6.07, 6.45) is -0.943. The van der Waals surface area contributed by atoms with Gasteiger partial charge in [-0.1, -0.05) is 68.1 Å². The Kier molecular flexibility index (Phi) is 5.62. The van der Waals surface area contributed by atoms with Crippen LogP contribution in [0.4, 0.5) is 5.69 Å². The van der Waals surface area contributed by atoms with Crippen molar-refractivity contribution in [1.82, 2.24) is 0 Å². The molecule has 0 amide bonds. The van der Waals surface area contributed by atoms with Crippen molar-refractivity contribution >= 4 is 22.2 Å². The summed E-state index contributed by atoms with van der Waals surface area (Å²) < 4.78 is 2.79. The molecule has 0 bridgehead atoms. The van der Waals surface area contributed by atoms with Gasteiger partial charge in [-0.15, -0.1) is 0 Å². The van der Waals surface area contributed by atoms with E-state index in [0.717, 1.165) is 11.1 Å². The monoisotopic (exact) mass is 389 g/mol. The molecule has 138 valence electrons. The molecule has 27 heavy (non-hydrogen) atoms. The van der Waals surface area contributed by atoms with Gasteiger partial charge in [0.25, 0.3) is 0 Å². The van der Waals surface area contributed by atoms with Crippen LogP contribution in [0.1, 0.15) is 11.1 Å². The van der Waals surface area contributed by atoms with Gasteiger partial charge in [0, 0.05) is 16.8 Å². The first-order chi connectivity index (χ1) is 12.8. The smallest absolute Gasteiger partial charge is 0.177 e. The standard InChI is InChI=1S/C23H27NOSi2/c1-26(2)18-19-27(3,4)24(26)22-14-10-21(11-15-22)13-17-23(25)16-12-20-8-6-5-7-9-20/h5-11,14-15,23,25H,18-19H2,1-4H3. The maximum absolute atomic E-state index is 9.99. The lowest BCUT2D eigenvalue weighted by atomic mass is 10.2. The summed E-state index contributed by atoms with van der Waals surface area (Å²) in [7, 11) is -2.68. The van der Waals surface area contributed by atoms with Crippen molar-refractivity contribution in [2.45, 2.75) is 44.4 Å². The predicted molar refractivity (Wildman–Crippen MR) is 120 cm³/mol. The zero-order valence-electron chi connectivity index (χ0n) is 16.6. The van der Waals surface area contributed by atoms with Crippen LogP contribution in [0.5, 0.6) is 0 Å². The number of benzene rings is 2. The van der Waals surface area contributed by atoms with E-state index in [4.69, 9.17) is 0 Å². The third-order valence-corrected chi connectivity index (χ3v) is 15.2. The number of anilines is 1. The summed E-state index contributed by atoms with van der Waals surface area (Å²) in [5.74, 6) is 11.6. The Morgan fingerprint density at radius 2 is 1.26 bits per heavy atom. The van der Waals surface area contributed by atoms with Gasteiger partial charge in [-0.25, -0.2) is 0 Å². The lowest BCUT2D eigenvalue weighted by Gasteiger charge is -2.41. The summed E-state index contributed by atoms with van der Waals surface area (Å²) in [6, 6.07) is 20.9. The Balaban J connectivity index is 1.72. The van der Waals surface area contributed by atoms with Crippen molar-refractivity contribution in [1.29, 1.82) is 0 Å². The highest BCUT2D eigenvalue weighted by molar-refractivity contribution is 7.04. The molecule has 0 radical (unpaired) electrons. The van der Waals surface area contributed by atoms with Crippen LogP contribution in [0, 0.1) is 23.7 Å². The molecule has 2 aromatic rings. The highest BCUT2D eigenvalue weighted by Crippen LogP contribution is 2.40. The molecule has 2 aromatic carbocycles. The summed E-state index contributed by atoms with van der Waals surface area (Å²) in [5, 5.41) is 9.99. The van der Waals surface area contributed by atoms with Gasteiger partial charge in [-0.2, -0.15) is 0 Å². The SMILES string of the molecule is C[Si]1(C)CC[Si](C)(C)N1c1ccc(C#CC(O)C#Cc2ccccc2)cc1. The third-order valence-electron chi connectivity index (χ3n) is 5.17. The fourth-order valence-electron chi connectivity index (χ4n) is 3.91. The molecule has 0 aromatic heterocycles. The van der Waals surface area contributed by atoms with Gasteiger partial charge in [-0.05, 0) is 48.5 Å². The van der Waals surface area contributed by atoms with E-state index in [1.165, 1.54) is 17.8 Å². The van der Waals surface area contributed by atoms with Gasteiger partial charge in [0.1, 0.15) is 16.5 Å². The molecule has 0 spiro atoms. The fourth-order valence-corrected chi connectivity index (χ4v) is 18.2. The molecular weight excluding hydrogens is 362 g/mol. The summed E-state index contributed by atoms with van der Waals surface area (Å²) in [5.41, 5.74) is 3.14. The van der Waals surface area contributed by atoms with E-state index in [0.29, 0.717) is 0 Å². The van der Waals surface area contributed by atoms with Gasteiger partial charge in [0.15, 0.2) is 6.10 Å². The molecule has 1 saturated heterocycles. The molecule has 1 heterocycles. The topological polar surface area (TPSA) is 23.5 Å². The first-order valence-electron chi connectivity index (χ1n) is 9.45. The average molecular weight is 390 g/mol. The minimum absolute atomic E-state index is 0.881. The number of hydrogen-bond acceptors (Lipinski definition) is 2. The molecule has 0 aliphatic carbocycles. The zero-order valence-corrected chi connectivity index (χ0v) is 18.6. The maximum Gasteiger partial charge on any atom is 0.177 e. The van der Waals surface area contributed by atoms with Gasteiger partial charge in [0.05, 0.1) is 0 Å². The van der Waals surface area contributed by atoms with Crippen molar-refractivity contribution in [2.24, 2.45) is 0 Å². The van der Waals surface area contributed by atoms with E-state index in [9.17, 15) is 5.11 Å². The molecule has 4 heteroatoms. The summed E-state index contributed by atoms with van der Waals surface area (Å²) in [4.78, 5) is 0. The quantitative estimate of drug-likeness (QED) is 0.565. The number of hydrogen-bond donors (Lipinski definition) is 1. The minimum atomic E-state index is -1.34. The predicted octanol–water partition coefficient (Wildman–Crippen LogP) is 4.68. The molecule has 1 aliphatic heterocycles. The van der Waals surface area contributed by atoms with Crippen LogP contribution in [0.2, 0.25) is 38.3 Å². The zero-order chi connectivity index (χ0) is 19.5. The van der Waals surface area contributed by atoms with Gasteiger partial charge in [0.2, 0.25) is 0 Å². The highest BCUT2D eigenvalue weighted by atomic mass is 28.4. The van der Waals surface area contributed by atoms with E-state index in [2.05, 4.69) is 78.4 Å². The normalized spacial score (nSPS) is 18.0. The molecule has 1 unspecified atom stereocenters. The lowest BCUT2D eigenvalue weighted by molar-refractivity contribution is 0.289. The Hall–Kier alpha value is -2.25. The van der Waals surface area contributed by atoms with Crippen molar-refractivity contribution in [2.75, 3.05) is 4.23 Å². The van der Waals surface area contributed by atoms with Crippen LogP contribution < -0.4 is 4.23 Å². The van der Waals surface area contributed by atoms with Gasteiger partial charge >= 0.3 is 0 Å².